The number of benzene rings is 3. The zero-order valence-electron chi connectivity index (χ0n) is 15.3. The number of fused-ring (bicyclic) bond motifs is 5. The summed E-state index contributed by atoms with van der Waals surface area (Å²) in [6, 6.07) is 34.3. The van der Waals surface area contributed by atoms with Crippen molar-refractivity contribution in [3.8, 4) is 22.3 Å². The summed E-state index contributed by atoms with van der Waals surface area (Å²) in [5.74, 6) is 0. The molecule has 0 unspecified atom stereocenters. The van der Waals surface area contributed by atoms with Crippen LogP contribution < -0.4 is 0 Å². The van der Waals surface area contributed by atoms with Gasteiger partial charge >= 0.3 is 0 Å². The molecule has 2 nitrogen and oxygen atoms in total. The van der Waals surface area contributed by atoms with E-state index in [-0.39, 0.29) is 0 Å². The van der Waals surface area contributed by atoms with Crippen molar-refractivity contribution in [2.24, 2.45) is 0 Å². The molecule has 0 saturated heterocycles. The van der Waals surface area contributed by atoms with Crippen LogP contribution in [0.15, 0.2) is 103 Å². The lowest BCUT2D eigenvalue weighted by molar-refractivity contribution is 1.26. The van der Waals surface area contributed by atoms with Gasteiger partial charge in [0, 0.05) is 22.7 Å². The number of H-pyrrole nitrogens is 1. The second-order valence-electron chi connectivity index (χ2n) is 7.17. The van der Waals surface area contributed by atoms with Crippen molar-refractivity contribution >= 4 is 27.5 Å². The van der Waals surface area contributed by atoms with Gasteiger partial charge in [0.15, 0.2) is 0 Å². The Bertz CT molecular complexity index is 1440. The van der Waals surface area contributed by atoms with Crippen molar-refractivity contribution in [2.75, 3.05) is 0 Å². The fraction of sp³-hybridized carbons (Fsp3) is 0. The molecule has 0 bridgehead atoms. The summed E-state index contributed by atoms with van der Waals surface area (Å²) in [6.45, 7) is 0. The molecule has 1 N–H and O–H groups in total. The first-order chi connectivity index (χ1) is 13.9. The molecule has 0 atom stereocenters. The Labute approximate surface area is 162 Å². The Morgan fingerprint density at radius 3 is 2.11 bits per heavy atom. The van der Waals surface area contributed by atoms with E-state index in [2.05, 4.69) is 113 Å². The number of nitrogens with one attached hydrogen (secondary N) is 1. The molecule has 3 heterocycles. The minimum atomic E-state index is 1.17. The molecule has 0 aliphatic heterocycles. The first-order valence-electron chi connectivity index (χ1n) is 9.55. The summed E-state index contributed by atoms with van der Waals surface area (Å²) in [4.78, 5) is 3.69. The monoisotopic (exact) mass is 358 g/mol. The largest absolute Gasteiger partial charge is 0.353 e. The van der Waals surface area contributed by atoms with Crippen molar-refractivity contribution in [3.05, 3.63) is 103 Å². The van der Waals surface area contributed by atoms with Crippen LogP contribution in [0.3, 0.4) is 0 Å². The van der Waals surface area contributed by atoms with Crippen molar-refractivity contribution in [2.45, 2.75) is 0 Å². The van der Waals surface area contributed by atoms with E-state index in [0.717, 1.165) is 0 Å². The Hall–Kier alpha value is -3.78. The van der Waals surface area contributed by atoms with E-state index in [1.165, 1.54) is 49.7 Å². The first-order valence-corrected chi connectivity index (χ1v) is 9.55. The smallest absolute Gasteiger partial charge is 0.0793 e. The fourth-order valence-electron chi connectivity index (χ4n) is 4.29. The highest BCUT2D eigenvalue weighted by molar-refractivity contribution is 6.16. The van der Waals surface area contributed by atoms with E-state index >= 15 is 0 Å². The van der Waals surface area contributed by atoms with Crippen molar-refractivity contribution < 1.29 is 0 Å². The molecule has 0 saturated carbocycles. The van der Waals surface area contributed by atoms with Crippen molar-refractivity contribution in [1.82, 2.24) is 9.38 Å². The third-order valence-electron chi connectivity index (χ3n) is 5.55. The molecule has 6 aromatic rings. The Morgan fingerprint density at radius 1 is 0.607 bits per heavy atom. The summed E-state index contributed by atoms with van der Waals surface area (Å²) >= 11 is 0. The third kappa shape index (κ3) is 2.15. The van der Waals surface area contributed by atoms with Crippen LogP contribution >= 0.6 is 0 Å². The summed E-state index contributed by atoms with van der Waals surface area (Å²) in [5, 5.41) is 1.25. The molecule has 0 aliphatic carbocycles. The van der Waals surface area contributed by atoms with E-state index in [1.54, 1.807) is 0 Å². The van der Waals surface area contributed by atoms with Crippen LogP contribution in [0.2, 0.25) is 0 Å². The first kappa shape index (κ1) is 15.3. The Balaban J connectivity index is 1.74. The lowest BCUT2D eigenvalue weighted by Gasteiger charge is -2.03. The normalized spacial score (nSPS) is 11.6. The average molecular weight is 358 g/mol. The minimum Gasteiger partial charge on any atom is -0.353 e. The topological polar surface area (TPSA) is 20.2 Å². The molecule has 132 valence electrons. The van der Waals surface area contributed by atoms with Gasteiger partial charge in [0.25, 0.3) is 0 Å². The van der Waals surface area contributed by atoms with Crippen LogP contribution in [-0.4, -0.2) is 9.38 Å². The zero-order valence-corrected chi connectivity index (χ0v) is 15.3. The predicted octanol–water partition coefficient (Wildman–Crippen LogP) is 6.91. The average Bonchev–Trinajstić information content (AvgIpc) is 3.29. The summed E-state index contributed by atoms with van der Waals surface area (Å²) in [7, 11) is 0. The number of hydrogen-bond donors (Lipinski definition) is 1. The molecule has 2 heteroatoms. The Morgan fingerprint density at radius 2 is 1.32 bits per heavy atom. The van der Waals surface area contributed by atoms with E-state index in [9.17, 15) is 0 Å². The molecule has 0 amide bonds. The lowest BCUT2D eigenvalue weighted by atomic mass is 10.0. The van der Waals surface area contributed by atoms with Crippen LogP contribution in [0.4, 0.5) is 0 Å². The highest BCUT2D eigenvalue weighted by Gasteiger charge is 2.18. The highest BCUT2D eigenvalue weighted by Crippen LogP contribution is 2.39. The van der Waals surface area contributed by atoms with Gasteiger partial charge in [-0.2, -0.15) is 0 Å². The van der Waals surface area contributed by atoms with Gasteiger partial charge in [-0.05, 0) is 41.0 Å². The molecule has 3 aromatic carbocycles. The molecule has 3 aromatic heterocycles. The maximum absolute atomic E-state index is 3.69. The lowest BCUT2D eigenvalue weighted by Crippen LogP contribution is -1.84. The SMILES string of the molecule is c1ccc(-c2ccc3[nH]c4c(-c5ccccc5)c5ccccn5c4c3c2)cc1. The molecule has 0 radical (unpaired) electrons. The maximum atomic E-state index is 3.69. The van der Waals surface area contributed by atoms with Crippen LogP contribution in [0.1, 0.15) is 0 Å². The van der Waals surface area contributed by atoms with Gasteiger partial charge in [0.2, 0.25) is 0 Å². The molecule has 0 aliphatic rings. The van der Waals surface area contributed by atoms with Gasteiger partial charge in [-0.3, -0.25) is 0 Å². The second-order valence-corrected chi connectivity index (χ2v) is 7.17. The van der Waals surface area contributed by atoms with Gasteiger partial charge < -0.3 is 9.38 Å². The Kier molecular flexibility index (Phi) is 3.20. The van der Waals surface area contributed by atoms with Crippen LogP contribution in [0.5, 0.6) is 0 Å². The zero-order chi connectivity index (χ0) is 18.5. The van der Waals surface area contributed by atoms with Crippen LogP contribution in [0, 0.1) is 0 Å². The second kappa shape index (κ2) is 5.86. The minimum absolute atomic E-state index is 1.17. The number of aromatic amines is 1. The van der Waals surface area contributed by atoms with Gasteiger partial charge in [0.05, 0.1) is 16.6 Å². The summed E-state index contributed by atoms with van der Waals surface area (Å²) in [5.41, 5.74) is 9.79. The highest BCUT2D eigenvalue weighted by atomic mass is 14.9. The molecule has 6 rings (SSSR count). The molecule has 0 spiro atoms. The summed E-state index contributed by atoms with van der Waals surface area (Å²) in [6.07, 6.45) is 2.16. The molecule has 28 heavy (non-hydrogen) atoms. The van der Waals surface area contributed by atoms with Gasteiger partial charge in [-0.1, -0.05) is 72.8 Å². The van der Waals surface area contributed by atoms with Crippen LogP contribution in [0.25, 0.3) is 49.7 Å². The van der Waals surface area contributed by atoms with Crippen LogP contribution in [-0.2, 0) is 0 Å². The number of pyridine rings is 1. The van der Waals surface area contributed by atoms with Crippen molar-refractivity contribution in [3.63, 3.8) is 0 Å². The summed E-state index contributed by atoms with van der Waals surface area (Å²) < 4.78 is 2.31. The fourth-order valence-corrected chi connectivity index (χ4v) is 4.29. The van der Waals surface area contributed by atoms with E-state index in [1.807, 2.05) is 0 Å². The van der Waals surface area contributed by atoms with E-state index in [4.69, 9.17) is 0 Å². The quantitative estimate of drug-likeness (QED) is 0.347. The maximum Gasteiger partial charge on any atom is 0.0793 e. The van der Waals surface area contributed by atoms with Gasteiger partial charge in [-0.25, -0.2) is 0 Å². The molecular formula is C26H18N2. The number of hydrogen-bond acceptors (Lipinski definition) is 0. The number of rotatable bonds is 2. The van der Waals surface area contributed by atoms with Gasteiger partial charge in [-0.15, -0.1) is 0 Å². The predicted molar refractivity (Wildman–Crippen MR) is 118 cm³/mol. The van der Waals surface area contributed by atoms with E-state index < -0.39 is 0 Å². The van der Waals surface area contributed by atoms with Gasteiger partial charge in [0.1, 0.15) is 0 Å². The third-order valence-corrected chi connectivity index (χ3v) is 5.55. The van der Waals surface area contributed by atoms with Crippen molar-refractivity contribution in [1.29, 1.82) is 0 Å². The number of nitrogens with zero attached hydrogens (tertiary/aromatic N) is 1. The molecular weight excluding hydrogens is 340 g/mol. The standard InChI is InChI=1S/C26H18N2/c1-3-9-18(10-4-1)20-14-15-22-21(17-20)26-25(27-22)24(19-11-5-2-6-12-19)23-13-7-8-16-28(23)26/h1-17,27H. The number of aromatic nitrogens is 2. The molecule has 0 fully saturated rings. The van der Waals surface area contributed by atoms with E-state index in [0.29, 0.717) is 0 Å².